The van der Waals surface area contributed by atoms with E-state index < -0.39 is 0 Å². The van der Waals surface area contributed by atoms with Gasteiger partial charge in [-0.3, -0.25) is 0 Å². The Hall–Kier alpha value is -1.75. The van der Waals surface area contributed by atoms with Gasteiger partial charge in [-0.2, -0.15) is 4.98 Å². The summed E-state index contributed by atoms with van der Waals surface area (Å²) < 4.78 is 17.7. The molecular weight excluding hydrogens is 209 g/mol. The standard InChI is InChI=1S/C11H12FN3O/c1-2-13-7-10-14-11(15-16-10)8-3-5-9(12)6-4-8/h3-6,13H,2,7H2,1H3. The van der Waals surface area contributed by atoms with Crippen molar-refractivity contribution in [2.75, 3.05) is 6.54 Å². The molecule has 0 saturated heterocycles. The molecule has 1 heterocycles. The molecule has 0 saturated carbocycles. The van der Waals surface area contributed by atoms with Gasteiger partial charge in [0.25, 0.3) is 0 Å². The highest BCUT2D eigenvalue weighted by Gasteiger charge is 2.07. The average molecular weight is 221 g/mol. The minimum absolute atomic E-state index is 0.278. The molecule has 0 aliphatic rings. The summed E-state index contributed by atoms with van der Waals surface area (Å²) in [4.78, 5) is 4.18. The number of nitrogens with one attached hydrogen (secondary N) is 1. The molecule has 16 heavy (non-hydrogen) atoms. The van der Waals surface area contributed by atoms with Gasteiger partial charge in [-0.15, -0.1) is 0 Å². The molecule has 0 bridgehead atoms. The lowest BCUT2D eigenvalue weighted by Gasteiger charge is -1.93. The predicted molar refractivity (Wildman–Crippen MR) is 57.1 cm³/mol. The molecule has 84 valence electrons. The second-order valence-corrected chi connectivity index (χ2v) is 3.30. The highest BCUT2D eigenvalue weighted by Crippen LogP contribution is 2.15. The molecule has 1 aromatic carbocycles. The molecule has 0 unspecified atom stereocenters. The first-order chi connectivity index (χ1) is 7.79. The molecular formula is C11H12FN3O. The highest BCUT2D eigenvalue weighted by molar-refractivity contribution is 5.53. The Bertz CT molecular complexity index is 453. The van der Waals surface area contributed by atoms with Crippen LogP contribution in [-0.4, -0.2) is 16.7 Å². The number of aromatic nitrogens is 2. The molecule has 0 aliphatic heterocycles. The Kier molecular flexibility index (Phi) is 3.26. The van der Waals surface area contributed by atoms with Crippen LogP contribution in [0.15, 0.2) is 28.8 Å². The molecule has 0 amide bonds. The average Bonchev–Trinajstić information content (AvgIpc) is 2.76. The van der Waals surface area contributed by atoms with Gasteiger partial charge in [-0.25, -0.2) is 4.39 Å². The Balaban J connectivity index is 2.15. The van der Waals surface area contributed by atoms with Crippen LogP contribution in [-0.2, 0) is 6.54 Å². The van der Waals surface area contributed by atoms with E-state index in [1.807, 2.05) is 6.92 Å². The molecule has 1 N–H and O–H groups in total. The van der Waals surface area contributed by atoms with Crippen molar-refractivity contribution in [1.82, 2.24) is 15.5 Å². The summed E-state index contributed by atoms with van der Waals surface area (Å²) in [5, 5.41) is 6.90. The van der Waals surface area contributed by atoms with Gasteiger partial charge in [0.1, 0.15) is 5.82 Å². The van der Waals surface area contributed by atoms with Gasteiger partial charge in [0, 0.05) is 5.56 Å². The van der Waals surface area contributed by atoms with E-state index in [1.165, 1.54) is 12.1 Å². The zero-order chi connectivity index (χ0) is 11.4. The van der Waals surface area contributed by atoms with Crippen LogP contribution in [0.25, 0.3) is 11.4 Å². The molecule has 1 aromatic heterocycles. The lowest BCUT2D eigenvalue weighted by molar-refractivity contribution is 0.369. The molecule has 0 radical (unpaired) electrons. The molecule has 2 rings (SSSR count). The van der Waals surface area contributed by atoms with Crippen LogP contribution in [0.4, 0.5) is 4.39 Å². The SMILES string of the molecule is CCNCc1nc(-c2ccc(F)cc2)no1. The third kappa shape index (κ3) is 2.43. The third-order valence-electron chi connectivity index (χ3n) is 2.10. The van der Waals surface area contributed by atoms with E-state index in [4.69, 9.17) is 4.52 Å². The molecule has 0 atom stereocenters. The number of rotatable bonds is 4. The first kappa shape index (κ1) is 10.8. The minimum atomic E-state index is -0.278. The van der Waals surface area contributed by atoms with Crippen molar-refractivity contribution >= 4 is 0 Å². The largest absolute Gasteiger partial charge is 0.338 e. The summed E-state index contributed by atoms with van der Waals surface area (Å²) in [6, 6.07) is 5.99. The number of benzene rings is 1. The maximum atomic E-state index is 12.7. The fourth-order valence-corrected chi connectivity index (χ4v) is 1.27. The summed E-state index contributed by atoms with van der Waals surface area (Å²) in [6.45, 7) is 3.39. The summed E-state index contributed by atoms with van der Waals surface area (Å²) in [5.74, 6) is 0.731. The zero-order valence-corrected chi connectivity index (χ0v) is 8.90. The second kappa shape index (κ2) is 4.85. The number of halogens is 1. The van der Waals surface area contributed by atoms with E-state index in [1.54, 1.807) is 12.1 Å². The van der Waals surface area contributed by atoms with Crippen LogP contribution in [0, 0.1) is 5.82 Å². The van der Waals surface area contributed by atoms with Crippen molar-refractivity contribution in [2.24, 2.45) is 0 Å². The summed E-state index contributed by atoms with van der Waals surface area (Å²) >= 11 is 0. The van der Waals surface area contributed by atoms with Crippen molar-refractivity contribution in [1.29, 1.82) is 0 Å². The first-order valence-electron chi connectivity index (χ1n) is 5.09. The molecule has 2 aromatic rings. The van der Waals surface area contributed by atoms with Crippen molar-refractivity contribution in [3.8, 4) is 11.4 Å². The fraction of sp³-hybridized carbons (Fsp3) is 0.273. The van der Waals surface area contributed by atoms with Crippen molar-refractivity contribution < 1.29 is 8.91 Å². The van der Waals surface area contributed by atoms with E-state index >= 15 is 0 Å². The van der Waals surface area contributed by atoms with E-state index in [0.29, 0.717) is 18.3 Å². The second-order valence-electron chi connectivity index (χ2n) is 3.30. The normalized spacial score (nSPS) is 10.6. The van der Waals surface area contributed by atoms with E-state index in [2.05, 4.69) is 15.5 Å². The van der Waals surface area contributed by atoms with Crippen LogP contribution in [0.5, 0.6) is 0 Å². The van der Waals surface area contributed by atoms with Gasteiger partial charge in [0.2, 0.25) is 11.7 Å². The van der Waals surface area contributed by atoms with Crippen LogP contribution >= 0.6 is 0 Å². The Morgan fingerprint density at radius 3 is 2.75 bits per heavy atom. The maximum Gasteiger partial charge on any atom is 0.240 e. The van der Waals surface area contributed by atoms with Gasteiger partial charge < -0.3 is 9.84 Å². The maximum absolute atomic E-state index is 12.7. The van der Waals surface area contributed by atoms with Crippen molar-refractivity contribution in [3.63, 3.8) is 0 Å². The van der Waals surface area contributed by atoms with Crippen LogP contribution in [0.3, 0.4) is 0 Å². The fourth-order valence-electron chi connectivity index (χ4n) is 1.27. The number of nitrogens with zero attached hydrogens (tertiary/aromatic N) is 2. The van der Waals surface area contributed by atoms with Gasteiger partial charge >= 0.3 is 0 Å². The van der Waals surface area contributed by atoms with Crippen LogP contribution in [0.2, 0.25) is 0 Å². The van der Waals surface area contributed by atoms with E-state index in [0.717, 1.165) is 12.1 Å². The summed E-state index contributed by atoms with van der Waals surface area (Å²) in [5.41, 5.74) is 0.743. The molecule has 0 fully saturated rings. The Labute approximate surface area is 92.5 Å². The summed E-state index contributed by atoms with van der Waals surface area (Å²) in [7, 11) is 0. The number of hydrogen-bond donors (Lipinski definition) is 1. The molecule has 0 spiro atoms. The van der Waals surface area contributed by atoms with Gasteiger partial charge in [-0.05, 0) is 30.8 Å². The molecule has 5 heteroatoms. The first-order valence-corrected chi connectivity index (χ1v) is 5.09. The topological polar surface area (TPSA) is 51.0 Å². The third-order valence-corrected chi connectivity index (χ3v) is 2.10. The van der Waals surface area contributed by atoms with Gasteiger partial charge in [-0.1, -0.05) is 12.1 Å². The van der Waals surface area contributed by atoms with Crippen molar-refractivity contribution in [2.45, 2.75) is 13.5 Å². The zero-order valence-electron chi connectivity index (χ0n) is 8.90. The molecule has 4 nitrogen and oxygen atoms in total. The lowest BCUT2D eigenvalue weighted by Crippen LogP contribution is -2.11. The number of hydrogen-bond acceptors (Lipinski definition) is 4. The van der Waals surface area contributed by atoms with Crippen molar-refractivity contribution in [3.05, 3.63) is 36.0 Å². The molecule has 0 aliphatic carbocycles. The van der Waals surface area contributed by atoms with Crippen LogP contribution in [0.1, 0.15) is 12.8 Å². The monoisotopic (exact) mass is 221 g/mol. The van der Waals surface area contributed by atoms with Gasteiger partial charge in [0.15, 0.2) is 0 Å². The predicted octanol–water partition coefficient (Wildman–Crippen LogP) is 1.99. The van der Waals surface area contributed by atoms with Crippen LogP contribution < -0.4 is 5.32 Å². The quantitative estimate of drug-likeness (QED) is 0.857. The van der Waals surface area contributed by atoms with E-state index in [-0.39, 0.29) is 5.82 Å². The minimum Gasteiger partial charge on any atom is -0.338 e. The smallest absolute Gasteiger partial charge is 0.240 e. The Morgan fingerprint density at radius 2 is 2.06 bits per heavy atom. The van der Waals surface area contributed by atoms with E-state index in [9.17, 15) is 4.39 Å². The highest BCUT2D eigenvalue weighted by atomic mass is 19.1. The Morgan fingerprint density at radius 1 is 1.31 bits per heavy atom. The summed E-state index contributed by atoms with van der Waals surface area (Å²) in [6.07, 6.45) is 0. The lowest BCUT2D eigenvalue weighted by atomic mass is 10.2. The van der Waals surface area contributed by atoms with Gasteiger partial charge in [0.05, 0.1) is 6.54 Å².